The maximum absolute atomic E-state index is 14.3. The Hall–Kier alpha value is -5.25. The van der Waals surface area contributed by atoms with Gasteiger partial charge in [-0.2, -0.15) is 4.74 Å². The van der Waals surface area contributed by atoms with E-state index in [4.69, 9.17) is 9.93 Å². The smallest absolute Gasteiger partial charge is 0.290 e. The summed E-state index contributed by atoms with van der Waals surface area (Å²) in [5, 5.41) is 14.3. The molecule has 5 aromatic rings. The molecular weight excluding hydrogens is 499 g/mol. The molecular formula is C29H25FN6O3. The molecule has 4 N–H and O–H groups in total. The minimum absolute atomic E-state index is 0.203. The minimum atomic E-state index is -0.651. The predicted molar refractivity (Wildman–Crippen MR) is 149 cm³/mol. The zero-order chi connectivity index (χ0) is 27.7. The van der Waals surface area contributed by atoms with Crippen LogP contribution in [0.15, 0.2) is 82.4 Å². The van der Waals surface area contributed by atoms with Crippen LogP contribution in [0.1, 0.15) is 11.3 Å². The second kappa shape index (κ2) is 10.3. The van der Waals surface area contributed by atoms with Gasteiger partial charge in [0.15, 0.2) is 0 Å². The number of aryl methyl sites for hydroxylation is 2. The summed E-state index contributed by atoms with van der Waals surface area (Å²) < 4.78 is 20.9. The molecule has 0 saturated carbocycles. The molecule has 2 aromatic heterocycles. The van der Waals surface area contributed by atoms with Crippen LogP contribution in [0.2, 0.25) is 0 Å². The van der Waals surface area contributed by atoms with Crippen LogP contribution in [0.25, 0.3) is 33.6 Å². The van der Waals surface area contributed by atoms with Gasteiger partial charge in [0.2, 0.25) is 0 Å². The summed E-state index contributed by atoms with van der Waals surface area (Å²) in [5.41, 5.74) is 3.92. The first kappa shape index (κ1) is 25.4. The normalized spacial score (nSPS) is 10.9. The molecule has 0 aliphatic carbocycles. The van der Waals surface area contributed by atoms with Gasteiger partial charge in [0.25, 0.3) is 11.5 Å². The molecule has 0 saturated heterocycles. The summed E-state index contributed by atoms with van der Waals surface area (Å²) in [6, 6.07) is 17.0. The number of anilines is 2. The van der Waals surface area contributed by atoms with Crippen molar-refractivity contribution in [2.45, 2.75) is 6.92 Å². The van der Waals surface area contributed by atoms with Gasteiger partial charge in [-0.05, 0) is 53.9 Å². The van der Waals surface area contributed by atoms with E-state index in [2.05, 4.69) is 20.6 Å². The number of nitrogens with zero attached hydrogens (tertiary/aromatic N) is 2. The van der Waals surface area contributed by atoms with Crippen molar-refractivity contribution in [3.8, 4) is 33.6 Å². The maximum Gasteiger partial charge on any atom is 0.290 e. The fourth-order valence-electron chi connectivity index (χ4n) is 4.42. The molecule has 2 heterocycles. The van der Waals surface area contributed by atoms with Gasteiger partial charge in [0, 0.05) is 43.4 Å². The minimum Gasteiger partial charge on any atom is -0.388 e. The first-order valence-electron chi connectivity index (χ1n) is 12.1. The van der Waals surface area contributed by atoms with E-state index >= 15 is 0 Å². The number of H-pyrrole nitrogens is 1. The highest BCUT2D eigenvalue weighted by molar-refractivity contribution is 6.48. The van der Waals surface area contributed by atoms with Crippen LogP contribution in [0.3, 0.4) is 0 Å². The molecule has 196 valence electrons. The quantitative estimate of drug-likeness (QED) is 0.218. The number of halogens is 1. The molecule has 9 nitrogen and oxygen atoms in total. The highest BCUT2D eigenvalue weighted by Crippen LogP contribution is 2.29. The third-order valence-electron chi connectivity index (χ3n) is 6.40. The molecule has 0 aliphatic rings. The highest BCUT2D eigenvalue weighted by Gasteiger charge is 2.19. The number of aromatic amines is 1. The van der Waals surface area contributed by atoms with Crippen molar-refractivity contribution in [2.75, 3.05) is 17.7 Å². The van der Waals surface area contributed by atoms with Gasteiger partial charge < -0.3 is 20.1 Å². The van der Waals surface area contributed by atoms with Crippen molar-refractivity contribution in [2.24, 2.45) is 7.05 Å². The standard InChI is InChI=1S/C29H25FN6O3/c1-16-25(29(38)36(3)39-16)18-6-4-17(5-7-18)19-8-11-24(32-2)22(14-19)26(31)28(37)35-20-9-10-23(30)21(15-20)27-33-12-13-34-27/h4-15,31-32H,1-3H3,(H,33,34)(H,35,37). The van der Waals surface area contributed by atoms with E-state index in [9.17, 15) is 14.0 Å². The van der Waals surface area contributed by atoms with E-state index < -0.39 is 11.7 Å². The average Bonchev–Trinajstić information content (AvgIpc) is 3.56. The molecule has 10 heteroatoms. The zero-order valence-corrected chi connectivity index (χ0v) is 21.4. The Kier molecular flexibility index (Phi) is 6.68. The lowest BCUT2D eigenvalue weighted by Crippen LogP contribution is -2.24. The van der Waals surface area contributed by atoms with Crippen molar-refractivity contribution < 1.29 is 13.7 Å². The Morgan fingerprint density at radius 1 is 1.05 bits per heavy atom. The number of rotatable bonds is 7. The summed E-state index contributed by atoms with van der Waals surface area (Å²) in [6.07, 6.45) is 3.09. The Bertz CT molecular complexity index is 1750. The number of amides is 1. The van der Waals surface area contributed by atoms with Gasteiger partial charge >= 0.3 is 0 Å². The molecule has 0 spiro atoms. The number of aromatic nitrogens is 3. The molecule has 0 radical (unpaired) electrons. The van der Waals surface area contributed by atoms with Gasteiger partial charge in [0.05, 0.1) is 11.1 Å². The Morgan fingerprint density at radius 2 is 1.77 bits per heavy atom. The van der Waals surface area contributed by atoms with Crippen LogP contribution in [-0.4, -0.2) is 33.4 Å². The average molecular weight is 525 g/mol. The Morgan fingerprint density at radius 3 is 2.41 bits per heavy atom. The van der Waals surface area contributed by atoms with Gasteiger partial charge in [0.1, 0.15) is 23.1 Å². The third kappa shape index (κ3) is 4.87. The fourth-order valence-corrected chi connectivity index (χ4v) is 4.42. The van der Waals surface area contributed by atoms with Crippen LogP contribution >= 0.6 is 0 Å². The molecule has 5 rings (SSSR count). The second-order valence-electron chi connectivity index (χ2n) is 8.87. The summed E-state index contributed by atoms with van der Waals surface area (Å²) >= 11 is 0. The van der Waals surface area contributed by atoms with E-state index in [-0.39, 0.29) is 16.8 Å². The number of hydrogen-bond donors (Lipinski definition) is 4. The molecule has 39 heavy (non-hydrogen) atoms. The molecule has 0 fully saturated rings. The van der Waals surface area contributed by atoms with Crippen molar-refractivity contribution in [1.82, 2.24) is 14.7 Å². The number of nitrogens with one attached hydrogen (secondary N) is 4. The zero-order valence-electron chi connectivity index (χ0n) is 21.4. The molecule has 0 aliphatic heterocycles. The number of hydrogen-bond acceptors (Lipinski definition) is 6. The summed E-state index contributed by atoms with van der Waals surface area (Å²) in [7, 11) is 3.28. The van der Waals surface area contributed by atoms with Crippen molar-refractivity contribution in [3.63, 3.8) is 0 Å². The van der Waals surface area contributed by atoms with Gasteiger partial charge in [-0.3, -0.25) is 15.0 Å². The summed E-state index contributed by atoms with van der Waals surface area (Å²) in [6.45, 7) is 1.74. The number of imidazole rings is 1. The van der Waals surface area contributed by atoms with E-state index in [0.717, 1.165) is 16.7 Å². The lowest BCUT2D eigenvalue weighted by molar-refractivity contribution is -0.110. The van der Waals surface area contributed by atoms with Crippen LogP contribution in [-0.2, 0) is 11.8 Å². The van der Waals surface area contributed by atoms with Crippen LogP contribution in [0.5, 0.6) is 0 Å². The van der Waals surface area contributed by atoms with Gasteiger partial charge in [-0.1, -0.05) is 30.3 Å². The Balaban J connectivity index is 1.41. The van der Waals surface area contributed by atoms with Crippen molar-refractivity contribution in [3.05, 3.63) is 101 Å². The van der Waals surface area contributed by atoms with Gasteiger partial charge in [-0.25, -0.2) is 9.37 Å². The first-order chi connectivity index (χ1) is 18.8. The maximum atomic E-state index is 14.3. The van der Waals surface area contributed by atoms with E-state index in [0.29, 0.717) is 34.1 Å². The molecule has 0 unspecified atom stereocenters. The molecule has 3 aromatic carbocycles. The second-order valence-corrected chi connectivity index (χ2v) is 8.87. The highest BCUT2D eigenvalue weighted by atomic mass is 19.1. The topological polar surface area (TPSA) is 129 Å². The summed E-state index contributed by atoms with van der Waals surface area (Å²) in [4.78, 5) is 32.4. The lowest BCUT2D eigenvalue weighted by Gasteiger charge is -2.14. The number of benzene rings is 3. The first-order valence-corrected chi connectivity index (χ1v) is 12.1. The lowest BCUT2D eigenvalue weighted by atomic mass is 9.97. The largest absolute Gasteiger partial charge is 0.388 e. The molecule has 1 amide bonds. The third-order valence-corrected chi connectivity index (χ3v) is 6.40. The van der Waals surface area contributed by atoms with E-state index in [1.54, 1.807) is 39.3 Å². The Labute approximate surface area is 222 Å². The van der Waals surface area contributed by atoms with Crippen LogP contribution in [0.4, 0.5) is 15.8 Å². The van der Waals surface area contributed by atoms with Crippen molar-refractivity contribution in [1.29, 1.82) is 5.41 Å². The molecule has 0 atom stereocenters. The summed E-state index contributed by atoms with van der Waals surface area (Å²) in [5.74, 6) is -0.272. The van der Waals surface area contributed by atoms with E-state index in [1.165, 1.54) is 29.1 Å². The monoisotopic (exact) mass is 524 g/mol. The van der Waals surface area contributed by atoms with Crippen LogP contribution < -0.4 is 16.2 Å². The van der Waals surface area contributed by atoms with E-state index in [1.807, 2.05) is 30.3 Å². The molecule has 0 bridgehead atoms. The number of carbonyl (C=O) groups excluding carboxylic acids is 1. The SMILES string of the molecule is CNc1ccc(-c2ccc(-c3c(C)on(C)c3=O)cc2)cc1C(=N)C(=O)Nc1ccc(F)c(-c2ncc[nH]2)c1. The van der Waals surface area contributed by atoms with Gasteiger partial charge in [-0.15, -0.1) is 0 Å². The fraction of sp³-hybridized carbons (Fsp3) is 0.103. The van der Waals surface area contributed by atoms with Crippen molar-refractivity contribution >= 4 is 23.0 Å². The predicted octanol–water partition coefficient (Wildman–Crippen LogP) is 5.20. The number of carbonyl (C=O) groups is 1. The van der Waals surface area contributed by atoms with Crippen LogP contribution in [0, 0.1) is 18.2 Å².